The number of alkyl halides is 3. The zero-order valence-electron chi connectivity index (χ0n) is 12.8. The molecule has 1 N–H and O–H groups in total. The van der Waals surface area contributed by atoms with Gasteiger partial charge in [-0.25, -0.2) is 18.7 Å². The molecule has 1 fully saturated rings. The molecule has 23 heavy (non-hydrogen) atoms. The van der Waals surface area contributed by atoms with Crippen molar-refractivity contribution in [3.63, 3.8) is 0 Å². The topological polar surface area (TPSA) is 37.8 Å². The summed E-state index contributed by atoms with van der Waals surface area (Å²) in [6.45, 7) is 1.95. The van der Waals surface area contributed by atoms with E-state index in [1.54, 1.807) is 11.3 Å². The molecule has 1 aliphatic carbocycles. The lowest BCUT2D eigenvalue weighted by Gasteiger charge is -2.29. The second kappa shape index (κ2) is 6.81. The number of thiazole rings is 1. The minimum atomic E-state index is -2.51. The van der Waals surface area contributed by atoms with Crippen LogP contribution in [-0.2, 0) is 5.33 Å². The highest BCUT2D eigenvalue weighted by molar-refractivity contribution is 9.08. The molecule has 0 bridgehead atoms. The van der Waals surface area contributed by atoms with E-state index in [1.807, 2.05) is 24.4 Å². The lowest BCUT2D eigenvalue weighted by molar-refractivity contribution is -0.0361. The third-order valence-electron chi connectivity index (χ3n) is 3.95. The Morgan fingerprint density at radius 3 is 2.65 bits per heavy atom. The van der Waals surface area contributed by atoms with Crippen LogP contribution in [0.1, 0.15) is 36.9 Å². The number of hydrogen-bond acceptors (Lipinski definition) is 4. The molecule has 0 atom stereocenters. The van der Waals surface area contributed by atoms with Crippen molar-refractivity contribution in [1.82, 2.24) is 9.97 Å². The Balaban J connectivity index is 1.79. The summed E-state index contributed by atoms with van der Waals surface area (Å²) in [5, 5.41) is 6.91. The van der Waals surface area contributed by atoms with Crippen molar-refractivity contribution in [1.29, 1.82) is 0 Å². The monoisotopic (exact) mass is 401 g/mol. The molecule has 1 aliphatic rings. The van der Waals surface area contributed by atoms with Crippen molar-refractivity contribution >= 4 is 33.1 Å². The Kier molecular flexibility index (Phi) is 4.96. The summed E-state index contributed by atoms with van der Waals surface area (Å²) in [6, 6.07) is 4.03. The normalized spacial score (nSPS) is 18.1. The summed E-state index contributed by atoms with van der Waals surface area (Å²) in [5.41, 5.74) is 2.88. The maximum Gasteiger partial charge on any atom is 0.248 e. The molecule has 0 unspecified atom stereocenters. The van der Waals surface area contributed by atoms with Crippen LogP contribution in [0.25, 0.3) is 10.7 Å². The minimum Gasteiger partial charge on any atom is -0.367 e. The third-order valence-corrected chi connectivity index (χ3v) is 5.58. The number of anilines is 1. The zero-order chi connectivity index (χ0) is 16.4. The van der Waals surface area contributed by atoms with Crippen LogP contribution in [0.3, 0.4) is 0 Å². The summed E-state index contributed by atoms with van der Waals surface area (Å²) in [4.78, 5) is 9.10. The van der Waals surface area contributed by atoms with Gasteiger partial charge < -0.3 is 5.32 Å². The van der Waals surface area contributed by atoms with Gasteiger partial charge in [0.2, 0.25) is 5.92 Å². The smallest absolute Gasteiger partial charge is 0.248 e. The highest BCUT2D eigenvalue weighted by atomic mass is 79.9. The number of rotatable bonds is 4. The number of hydrogen-bond donors (Lipinski definition) is 1. The highest BCUT2D eigenvalue weighted by Gasteiger charge is 2.34. The summed E-state index contributed by atoms with van der Waals surface area (Å²) in [5.74, 6) is -1.77. The van der Waals surface area contributed by atoms with Gasteiger partial charge in [-0.05, 0) is 37.5 Å². The fourth-order valence-electron chi connectivity index (χ4n) is 2.71. The molecule has 0 aliphatic heterocycles. The number of nitrogens with zero attached hydrogens (tertiary/aromatic N) is 2. The van der Waals surface area contributed by atoms with E-state index >= 15 is 0 Å². The summed E-state index contributed by atoms with van der Waals surface area (Å²) in [7, 11) is 0. The van der Waals surface area contributed by atoms with Crippen LogP contribution in [0.15, 0.2) is 17.5 Å². The lowest BCUT2D eigenvalue weighted by Crippen LogP contribution is -2.32. The van der Waals surface area contributed by atoms with Gasteiger partial charge in [0.05, 0.1) is 0 Å². The van der Waals surface area contributed by atoms with Crippen molar-refractivity contribution in [2.75, 3.05) is 5.32 Å². The number of halogens is 3. The Hall–Kier alpha value is -1.08. The predicted octanol–water partition coefficient (Wildman–Crippen LogP) is 5.40. The van der Waals surface area contributed by atoms with E-state index in [1.165, 1.54) is 0 Å². The molecule has 1 saturated carbocycles. The quantitative estimate of drug-likeness (QED) is 0.696. The Bertz CT molecular complexity index is 680. The first-order valence-electron chi connectivity index (χ1n) is 7.59. The standard InChI is InChI=1S/C16H18BrF2N3S/c1-10-9-23-15(20-10)13-6-11(8-17)7-14(22-13)21-12-2-4-16(18,19)5-3-12/h6-7,9,12H,2-5,8H2,1H3,(H,21,22). The van der Waals surface area contributed by atoms with Gasteiger partial charge in [0, 0.05) is 35.3 Å². The molecule has 0 aromatic carbocycles. The van der Waals surface area contributed by atoms with E-state index in [9.17, 15) is 8.78 Å². The largest absolute Gasteiger partial charge is 0.367 e. The zero-order valence-corrected chi connectivity index (χ0v) is 15.2. The Morgan fingerprint density at radius 2 is 2.04 bits per heavy atom. The van der Waals surface area contributed by atoms with Crippen LogP contribution >= 0.6 is 27.3 Å². The molecular weight excluding hydrogens is 384 g/mol. The average molecular weight is 402 g/mol. The van der Waals surface area contributed by atoms with Crippen molar-refractivity contribution in [2.45, 2.75) is 49.9 Å². The first-order valence-corrected chi connectivity index (χ1v) is 9.59. The van der Waals surface area contributed by atoms with Gasteiger partial charge in [0.25, 0.3) is 0 Å². The van der Waals surface area contributed by atoms with Crippen LogP contribution in [0, 0.1) is 6.92 Å². The fraction of sp³-hybridized carbons (Fsp3) is 0.500. The molecule has 124 valence electrons. The van der Waals surface area contributed by atoms with Gasteiger partial charge in [0.1, 0.15) is 16.5 Å². The minimum absolute atomic E-state index is 0.0542. The van der Waals surface area contributed by atoms with Crippen molar-refractivity contribution in [2.24, 2.45) is 0 Å². The summed E-state index contributed by atoms with van der Waals surface area (Å²) < 4.78 is 26.5. The molecule has 0 spiro atoms. The van der Waals surface area contributed by atoms with E-state index in [-0.39, 0.29) is 18.9 Å². The Labute approximate surface area is 146 Å². The molecule has 0 amide bonds. The van der Waals surface area contributed by atoms with E-state index in [0.717, 1.165) is 27.8 Å². The van der Waals surface area contributed by atoms with Crippen molar-refractivity contribution in [3.8, 4) is 10.7 Å². The third kappa shape index (κ3) is 4.26. The molecule has 7 heteroatoms. The van der Waals surface area contributed by atoms with Crippen molar-refractivity contribution in [3.05, 3.63) is 28.8 Å². The van der Waals surface area contributed by atoms with Gasteiger partial charge >= 0.3 is 0 Å². The number of pyridine rings is 1. The lowest BCUT2D eigenvalue weighted by atomic mass is 9.92. The molecule has 2 heterocycles. The first kappa shape index (κ1) is 16.8. The van der Waals surface area contributed by atoms with Crippen LogP contribution < -0.4 is 5.32 Å². The van der Waals surface area contributed by atoms with E-state index in [2.05, 4.69) is 31.2 Å². The van der Waals surface area contributed by atoms with Crippen molar-refractivity contribution < 1.29 is 8.78 Å². The van der Waals surface area contributed by atoms with Crippen LogP contribution in [0.5, 0.6) is 0 Å². The molecule has 0 radical (unpaired) electrons. The van der Waals surface area contributed by atoms with Gasteiger partial charge in [0.15, 0.2) is 0 Å². The SMILES string of the molecule is Cc1csc(-c2cc(CBr)cc(NC3CCC(F)(F)CC3)n2)n1. The predicted molar refractivity (Wildman–Crippen MR) is 93.5 cm³/mol. The molecule has 3 nitrogen and oxygen atoms in total. The summed E-state index contributed by atoms with van der Waals surface area (Å²) >= 11 is 5.03. The van der Waals surface area contributed by atoms with E-state index in [0.29, 0.717) is 18.2 Å². The molecular formula is C16H18BrF2N3S. The maximum absolute atomic E-state index is 13.3. The highest BCUT2D eigenvalue weighted by Crippen LogP contribution is 2.34. The molecule has 3 rings (SSSR count). The van der Waals surface area contributed by atoms with Crippen LogP contribution in [0.4, 0.5) is 14.6 Å². The maximum atomic E-state index is 13.3. The van der Waals surface area contributed by atoms with Crippen LogP contribution in [-0.4, -0.2) is 21.9 Å². The molecule has 2 aromatic rings. The second-order valence-corrected chi connectivity index (χ2v) is 7.37. The first-order chi connectivity index (χ1) is 10.9. The van der Waals surface area contributed by atoms with E-state index in [4.69, 9.17) is 0 Å². The van der Waals surface area contributed by atoms with Gasteiger partial charge in [-0.2, -0.15) is 0 Å². The van der Waals surface area contributed by atoms with Gasteiger partial charge in [-0.15, -0.1) is 11.3 Å². The van der Waals surface area contributed by atoms with E-state index < -0.39 is 5.92 Å². The van der Waals surface area contributed by atoms with Gasteiger partial charge in [-0.1, -0.05) is 15.9 Å². The second-order valence-electron chi connectivity index (χ2n) is 5.95. The number of aryl methyl sites for hydroxylation is 1. The number of aromatic nitrogens is 2. The average Bonchev–Trinajstić information content (AvgIpc) is 2.96. The fourth-order valence-corrected chi connectivity index (χ4v) is 3.79. The summed E-state index contributed by atoms with van der Waals surface area (Å²) in [6.07, 6.45) is 0.834. The van der Waals surface area contributed by atoms with Gasteiger partial charge in [-0.3, -0.25) is 0 Å². The molecule has 0 saturated heterocycles. The molecule has 2 aromatic heterocycles. The Morgan fingerprint density at radius 1 is 1.30 bits per heavy atom. The number of nitrogens with one attached hydrogen (secondary N) is 1. The van der Waals surface area contributed by atoms with Crippen LogP contribution in [0.2, 0.25) is 0 Å².